The van der Waals surface area contributed by atoms with E-state index in [9.17, 15) is 8.42 Å². The van der Waals surface area contributed by atoms with Gasteiger partial charge in [0, 0.05) is 5.02 Å². The van der Waals surface area contributed by atoms with Crippen molar-refractivity contribution in [3.63, 3.8) is 0 Å². The largest absolute Gasteiger partial charge is 0.280 e. The zero-order chi connectivity index (χ0) is 14.0. The molecule has 0 bridgehead atoms. The summed E-state index contributed by atoms with van der Waals surface area (Å²) in [6.07, 6.45) is 0. The smallest absolute Gasteiger partial charge is 0.262 e. The molecule has 0 aliphatic carbocycles. The van der Waals surface area contributed by atoms with Crippen molar-refractivity contribution in [3.05, 3.63) is 58.6 Å². The average Bonchev–Trinajstić information content (AvgIpc) is 2.34. The Morgan fingerprint density at radius 3 is 2.32 bits per heavy atom. The van der Waals surface area contributed by atoms with Gasteiger partial charge in [0.15, 0.2) is 0 Å². The fraction of sp³-hybridized carbons (Fsp3) is 0.143. The first kappa shape index (κ1) is 13.9. The Balaban J connectivity index is 2.37. The van der Waals surface area contributed by atoms with Crippen LogP contribution in [0.1, 0.15) is 11.1 Å². The van der Waals surface area contributed by atoms with Crippen LogP contribution in [0.4, 0.5) is 5.69 Å². The lowest BCUT2D eigenvalue weighted by atomic mass is 10.2. The quantitative estimate of drug-likeness (QED) is 0.937. The maximum Gasteiger partial charge on any atom is 0.262 e. The van der Waals surface area contributed by atoms with E-state index in [-0.39, 0.29) is 4.90 Å². The third kappa shape index (κ3) is 3.08. The van der Waals surface area contributed by atoms with E-state index in [1.807, 2.05) is 6.92 Å². The fourth-order valence-corrected chi connectivity index (χ4v) is 3.20. The molecule has 2 aromatic carbocycles. The summed E-state index contributed by atoms with van der Waals surface area (Å²) in [5.74, 6) is 0. The van der Waals surface area contributed by atoms with Gasteiger partial charge < -0.3 is 0 Å². The molecule has 100 valence electrons. The third-order valence-electron chi connectivity index (χ3n) is 2.81. The lowest BCUT2D eigenvalue weighted by Crippen LogP contribution is -2.14. The topological polar surface area (TPSA) is 46.2 Å². The molecule has 0 aliphatic rings. The van der Waals surface area contributed by atoms with Crippen molar-refractivity contribution in [2.75, 3.05) is 4.72 Å². The van der Waals surface area contributed by atoms with Crippen molar-refractivity contribution in [2.24, 2.45) is 0 Å². The van der Waals surface area contributed by atoms with Gasteiger partial charge in [-0.3, -0.25) is 4.72 Å². The molecule has 0 heterocycles. The predicted molar refractivity (Wildman–Crippen MR) is 78.2 cm³/mol. The van der Waals surface area contributed by atoms with Crippen molar-refractivity contribution in [2.45, 2.75) is 18.7 Å². The monoisotopic (exact) mass is 295 g/mol. The van der Waals surface area contributed by atoms with Gasteiger partial charge in [0.2, 0.25) is 0 Å². The van der Waals surface area contributed by atoms with Crippen LogP contribution in [0.15, 0.2) is 47.4 Å². The van der Waals surface area contributed by atoms with Crippen LogP contribution in [-0.4, -0.2) is 8.42 Å². The van der Waals surface area contributed by atoms with E-state index in [1.54, 1.807) is 49.4 Å². The molecule has 0 spiro atoms. The van der Waals surface area contributed by atoms with E-state index in [1.165, 1.54) is 0 Å². The molecule has 0 aromatic heterocycles. The highest BCUT2D eigenvalue weighted by Crippen LogP contribution is 2.23. The van der Waals surface area contributed by atoms with E-state index in [4.69, 9.17) is 11.6 Å². The number of nitrogens with one attached hydrogen (secondary N) is 1. The zero-order valence-corrected chi connectivity index (χ0v) is 12.2. The molecule has 5 heteroatoms. The minimum atomic E-state index is -3.58. The van der Waals surface area contributed by atoms with Crippen LogP contribution in [0.5, 0.6) is 0 Å². The molecule has 0 aliphatic heterocycles. The third-order valence-corrected chi connectivity index (χ3v) is 4.76. The van der Waals surface area contributed by atoms with Crippen LogP contribution in [0.2, 0.25) is 5.02 Å². The Kier molecular flexibility index (Phi) is 3.83. The van der Waals surface area contributed by atoms with E-state index in [0.29, 0.717) is 16.3 Å². The molecule has 0 radical (unpaired) electrons. The van der Waals surface area contributed by atoms with Gasteiger partial charge in [-0.25, -0.2) is 8.42 Å². The lowest BCUT2D eigenvalue weighted by Gasteiger charge is -2.11. The summed E-state index contributed by atoms with van der Waals surface area (Å²) >= 11 is 5.99. The number of hydrogen-bond donors (Lipinski definition) is 1. The summed E-state index contributed by atoms with van der Waals surface area (Å²) in [5.41, 5.74) is 2.06. The highest BCUT2D eigenvalue weighted by Gasteiger charge is 2.16. The SMILES string of the molecule is Cc1ccc(NS(=O)(=O)c2ccccc2C)cc1Cl. The van der Waals surface area contributed by atoms with Crippen LogP contribution >= 0.6 is 11.6 Å². The summed E-state index contributed by atoms with van der Waals surface area (Å²) in [6.45, 7) is 3.62. The maximum atomic E-state index is 12.3. The highest BCUT2D eigenvalue weighted by molar-refractivity contribution is 7.92. The fourth-order valence-electron chi connectivity index (χ4n) is 1.72. The molecule has 1 N–H and O–H groups in total. The summed E-state index contributed by atoms with van der Waals surface area (Å²) in [4.78, 5) is 0.270. The van der Waals surface area contributed by atoms with Gasteiger partial charge in [0.05, 0.1) is 10.6 Å². The number of sulfonamides is 1. The number of rotatable bonds is 3. The second kappa shape index (κ2) is 5.23. The number of anilines is 1. The first-order valence-electron chi connectivity index (χ1n) is 5.75. The molecule has 0 saturated heterocycles. The summed E-state index contributed by atoms with van der Waals surface area (Å²) < 4.78 is 27.1. The molecule has 2 rings (SSSR count). The number of benzene rings is 2. The molecule has 2 aromatic rings. The standard InChI is InChI=1S/C14H14ClNO2S/c1-10-7-8-12(9-13(10)15)16-19(17,18)14-6-4-3-5-11(14)2/h3-9,16H,1-2H3. The molecular formula is C14H14ClNO2S. The maximum absolute atomic E-state index is 12.3. The normalized spacial score (nSPS) is 11.3. The zero-order valence-electron chi connectivity index (χ0n) is 10.6. The van der Waals surface area contributed by atoms with Crippen LogP contribution in [0, 0.1) is 13.8 Å². The molecule has 3 nitrogen and oxygen atoms in total. The predicted octanol–water partition coefficient (Wildman–Crippen LogP) is 3.76. The van der Waals surface area contributed by atoms with Crippen molar-refractivity contribution in [1.29, 1.82) is 0 Å². The van der Waals surface area contributed by atoms with Gasteiger partial charge in [0.1, 0.15) is 0 Å². The minimum absolute atomic E-state index is 0.270. The Morgan fingerprint density at radius 1 is 1.00 bits per heavy atom. The Morgan fingerprint density at radius 2 is 1.68 bits per heavy atom. The van der Waals surface area contributed by atoms with Gasteiger partial charge in [-0.1, -0.05) is 35.9 Å². The Hall–Kier alpha value is -1.52. The second-order valence-electron chi connectivity index (χ2n) is 4.33. The molecule has 0 amide bonds. The van der Waals surface area contributed by atoms with Crippen LogP contribution in [-0.2, 0) is 10.0 Å². The van der Waals surface area contributed by atoms with Crippen LogP contribution in [0.25, 0.3) is 0 Å². The second-order valence-corrected chi connectivity index (χ2v) is 6.39. The first-order chi connectivity index (χ1) is 8.90. The Labute approximate surface area is 118 Å². The first-order valence-corrected chi connectivity index (χ1v) is 7.61. The van der Waals surface area contributed by atoms with Gasteiger partial charge in [-0.05, 0) is 43.2 Å². The van der Waals surface area contributed by atoms with Crippen molar-refractivity contribution < 1.29 is 8.42 Å². The molecule has 0 unspecified atom stereocenters. The summed E-state index contributed by atoms with van der Waals surface area (Å²) in [6, 6.07) is 11.9. The van der Waals surface area contributed by atoms with Gasteiger partial charge in [0.25, 0.3) is 10.0 Å². The number of halogens is 1. The van der Waals surface area contributed by atoms with E-state index in [0.717, 1.165) is 5.56 Å². The summed E-state index contributed by atoms with van der Waals surface area (Å²) in [5, 5.41) is 0.532. The average molecular weight is 296 g/mol. The van der Waals surface area contributed by atoms with Gasteiger partial charge >= 0.3 is 0 Å². The van der Waals surface area contributed by atoms with Crippen molar-refractivity contribution in [3.8, 4) is 0 Å². The lowest BCUT2D eigenvalue weighted by molar-refractivity contribution is 0.600. The number of hydrogen-bond acceptors (Lipinski definition) is 2. The number of aryl methyl sites for hydroxylation is 2. The molecule has 0 fully saturated rings. The molecular weight excluding hydrogens is 282 g/mol. The molecule has 0 saturated carbocycles. The molecule has 19 heavy (non-hydrogen) atoms. The van der Waals surface area contributed by atoms with Crippen LogP contribution < -0.4 is 4.72 Å². The van der Waals surface area contributed by atoms with E-state index in [2.05, 4.69) is 4.72 Å². The van der Waals surface area contributed by atoms with Gasteiger partial charge in [-0.15, -0.1) is 0 Å². The van der Waals surface area contributed by atoms with Gasteiger partial charge in [-0.2, -0.15) is 0 Å². The summed E-state index contributed by atoms with van der Waals surface area (Å²) in [7, 11) is -3.58. The minimum Gasteiger partial charge on any atom is -0.280 e. The van der Waals surface area contributed by atoms with E-state index >= 15 is 0 Å². The van der Waals surface area contributed by atoms with Crippen molar-refractivity contribution in [1.82, 2.24) is 0 Å². The van der Waals surface area contributed by atoms with Crippen LogP contribution in [0.3, 0.4) is 0 Å². The Bertz CT molecular complexity index is 711. The van der Waals surface area contributed by atoms with E-state index < -0.39 is 10.0 Å². The van der Waals surface area contributed by atoms with Crippen molar-refractivity contribution >= 4 is 27.3 Å². The highest BCUT2D eigenvalue weighted by atomic mass is 35.5. The molecule has 0 atom stereocenters.